The molecular formula is C55H99NO10. The molecule has 0 saturated carbocycles. The summed E-state index contributed by atoms with van der Waals surface area (Å²) in [7, 11) is 0. The smallest absolute Gasteiger partial charge is 0.305 e. The van der Waals surface area contributed by atoms with Gasteiger partial charge in [0.1, 0.15) is 24.4 Å². The first-order valence-electron chi connectivity index (χ1n) is 26.9. The molecule has 0 aliphatic carbocycles. The maximum absolute atomic E-state index is 13.0. The molecule has 1 heterocycles. The average molecular weight is 934 g/mol. The van der Waals surface area contributed by atoms with Crippen molar-refractivity contribution in [2.75, 3.05) is 19.8 Å². The van der Waals surface area contributed by atoms with Gasteiger partial charge < -0.3 is 45.1 Å². The van der Waals surface area contributed by atoms with E-state index in [0.29, 0.717) is 19.4 Å². The summed E-state index contributed by atoms with van der Waals surface area (Å²) in [5, 5.41) is 54.1. The van der Waals surface area contributed by atoms with Gasteiger partial charge in [-0.3, -0.25) is 9.59 Å². The zero-order valence-electron chi connectivity index (χ0n) is 41.9. The summed E-state index contributed by atoms with van der Waals surface area (Å²) in [4.78, 5) is 25.0. The molecule has 1 aliphatic rings. The topological polar surface area (TPSA) is 175 Å². The highest BCUT2D eigenvalue weighted by molar-refractivity contribution is 5.76. The largest absolute Gasteiger partial charge is 0.466 e. The Morgan fingerprint density at radius 2 is 1.02 bits per heavy atom. The van der Waals surface area contributed by atoms with Gasteiger partial charge in [-0.1, -0.05) is 172 Å². The van der Waals surface area contributed by atoms with Gasteiger partial charge >= 0.3 is 5.97 Å². The summed E-state index contributed by atoms with van der Waals surface area (Å²) >= 11 is 0. The van der Waals surface area contributed by atoms with Gasteiger partial charge in [-0.15, -0.1) is 0 Å². The number of aliphatic hydroxyl groups excluding tert-OH is 5. The minimum absolute atomic E-state index is 0.0506. The first-order chi connectivity index (χ1) is 32.2. The maximum Gasteiger partial charge on any atom is 0.305 e. The molecule has 384 valence electrons. The number of aliphatic hydroxyl groups is 5. The van der Waals surface area contributed by atoms with Gasteiger partial charge in [-0.25, -0.2) is 0 Å². The highest BCUT2D eigenvalue weighted by Crippen LogP contribution is 2.23. The Morgan fingerprint density at radius 1 is 0.561 bits per heavy atom. The van der Waals surface area contributed by atoms with Crippen molar-refractivity contribution in [1.82, 2.24) is 5.32 Å². The van der Waals surface area contributed by atoms with Crippen LogP contribution in [0.4, 0.5) is 0 Å². The zero-order valence-corrected chi connectivity index (χ0v) is 41.9. The van der Waals surface area contributed by atoms with Gasteiger partial charge in [0, 0.05) is 12.8 Å². The number of amides is 1. The van der Waals surface area contributed by atoms with Gasteiger partial charge in [-0.2, -0.15) is 0 Å². The molecule has 1 rings (SSSR count). The van der Waals surface area contributed by atoms with Gasteiger partial charge in [0.25, 0.3) is 0 Å². The minimum atomic E-state index is -1.58. The summed E-state index contributed by atoms with van der Waals surface area (Å²) in [6.45, 7) is 4.21. The van der Waals surface area contributed by atoms with Crippen LogP contribution < -0.4 is 5.32 Å². The monoisotopic (exact) mass is 934 g/mol. The van der Waals surface area contributed by atoms with Crippen LogP contribution in [0.1, 0.15) is 226 Å². The number of allylic oxidation sites excluding steroid dienone is 7. The average Bonchev–Trinajstić information content (AvgIpc) is 3.31. The quantitative estimate of drug-likeness (QED) is 0.0149. The molecule has 1 amide bonds. The summed E-state index contributed by atoms with van der Waals surface area (Å²) in [5.41, 5.74) is 0. The van der Waals surface area contributed by atoms with Crippen LogP contribution in [0.5, 0.6) is 0 Å². The van der Waals surface area contributed by atoms with Crippen molar-refractivity contribution in [3.8, 4) is 0 Å². The van der Waals surface area contributed by atoms with Gasteiger partial charge in [-0.05, 0) is 89.9 Å². The number of hydrogen-bond donors (Lipinski definition) is 6. The van der Waals surface area contributed by atoms with E-state index < -0.39 is 49.5 Å². The Balaban J connectivity index is 2.14. The normalized spacial score (nSPS) is 20.0. The van der Waals surface area contributed by atoms with E-state index in [-0.39, 0.29) is 18.5 Å². The molecule has 6 N–H and O–H groups in total. The number of rotatable bonds is 45. The molecule has 11 heteroatoms. The summed E-state index contributed by atoms with van der Waals surface area (Å²) < 4.78 is 16.6. The van der Waals surface area contributed by atoms with Crippen molar-refractivity contribution in [3.63, 3.8) is 0 Å². The fourth-order valence-corrected chi connectivity index (χ4v) is 8.06. The lowest BCUT2D eigenvalue weighted by Crippen LogP contribution is -2.60. The maximum atomic E-state index is 13.0. The van der Waals surface area contributed by atoms with Crippen LogP contribution in [0, 0.1) is 0 Å². The van der Waals surface area contributed by atoms with E-state index >= 15 is 0 Å². The van der Waals surface area contributed by atoms with E-state index in [0.717, 1.165) is 103 Å². The van der Waals surface area contributed by atoms with Gasteiger partial charge in [0.05, 0.1) is 32.0 Å². The molecule has 0 radical (unpaired) electrons. The van der Waals surface area contributed by atoms with E-state index in [4.69, 9.17) is 14.2 Å². The molecule has 0 aromatic carbocycles. The highest BCUT2D eigenvalue weighted by atomic mass is 16.7. The van der Waals surface area contributed by atoms with Crippen LogP contribution in [0.2, 0.25) is 0 Å². The van der Waals surface area contributed by atoms with E-state index in [2.05, 4.69) is 55.6 Å². The number of hydrogen-bond acceptors (Lipinski definition) is 10. The van der Waals surface area contributed by atoms with E-state index in [9.17, 15) is 35.1 Å². The summed E-state index contributed by atoms with van der Waals surface area (Å²) in [5.74, 6) is -0.259. The molecule has 7 unspecified atom stereocenters. The molecule has 0 bridgehead atoms. The van der Waals surface area contributed by atoms with Crippen LogP contribution in [0.15, 0.2) is 48.6 Å². The second kappa shape index (κ2) is 45.1. The predicted molar refractivity (Wildman–Crippen MR) is 269 cm³/mol. The predicted octanol–water partition coefficient (Wildman–Crippen LogP) is 11.3. The Morgan fingerprint density at radius 3 is 1.55 bits per heavy atom. The molecule has 7 atom stereocenters. The Labute approximate surface area is 402 Å². The lowest BCUT2D eigenvalue weighted by Gasteiger charge is -2.40. The minimum Gasteiger partial charge on any atom is -0.466 e. The van der Waals surface area contributed by atoms with Crippen molar-refractivity contribution in [1.29, 1.82) is 0 Å². The van der Waals surface area contributed by atoms with Crippen molar-refractivity contribution < 1.29 is 49.3 Å². The molecule has 0 aromatic heterocycles. The second-order valence-corrected chi connectivity index (χ2v) is 18.6. The van der Waals surface area contributed by atoms with Gasteiger partial charge in [0.15, 0.2) is 6.29 Å². The number of ether oxygens (including phenoxy) is 3. The van der Waals surface area contributed by atoms with Crippen LogP contribution in [-0.2, 0) is 23.8 Å². The fourth-order valence-electron chi connectivity index (χ4n) is 8.06. The molecule has 1 fully saturated rings. The number of unbranched alkanes of at least 4 members (excludes halogenated alkanes) is 26. The number of nitrogens with one attached hydrogen (secondary N) is 1. The fraction of sp³-hybridized carbons (Fsp3) is 0.818. The lowest BCUT2D eigenvalue weighted by molar-refractivity contribution is -0.302. The first-order valence-corrected chi connectivity index (χ1v) is 26.9. The molecule has 0 spiro atoms. The van der Waals surface area contributed by atoms with Crippen molar-refractivity contribution >= 4 is 11.9 Å². The first kappa shape index (κ1) is 61.6. The number of esters is 1. The summed E-state index contributed by atoms with van der Waals surface area (Å²) in [6.07, 6.45) is 44.9. The van der Waals surface area contributed by atoms with Gasteiger partial charge in [0.2, 0.25) is 5.91 Å². The van der Waals surface area contributed by atoms with E-state index in [1.54, 1.807) is 6.08 Å². The second-order valence-electron chi connectivity index (χ2n) is 18.6. The standard InChI is InChI=1S/C55H99NO10/c1-3-5-7-9-11-13-14-15-20-23-27-31-35-39-43-51(60)64-44-40-36-32-28-24-21-18-16-17-19-22-26-30-34-38-42-50(59)56-47(48(58)41-37-33-29-25-12-10-8-6-4-2)46-65-55-54(63)53(62)52(61)49(45-57)66-55/h14-16,18,21,24,37,41,47-49,52-55,57-58,61-63H,3-13,17,19-20,22-23,25-36,38-40,42-46H2,1-2H3,(H,56,59)/b15-14-,18-16-,24-21-,41-37+. The van der Waals surface area contributed by atoms with Crippen LogP contribution in [-0.4, -0.2) is 100 Å². The third kappa shape index (κ3) is 34.8. The van der Waals surface area contributed by atoms with E-state index in [1.165, 1.54) is 96.3 Å². The highest BCUT2D eigenvalue weighted by Gasteiger charge is 2.44. The summed E-state index contributed by atoms with van der Waals surface area (Å²) in [6, 6.07) is -0.826. The Bertz CT molecular complexity index is 1240. The third-order valence-electron chi connectivity index (χ3n) is 12.4. The molecule has 11 nitrogen and oxygen atoms in total. The third-order valence-corrected chi connectivity index (χ3v) is 12.4. The van der Waals surface area contributed by atoms with Crippen molar-refractivity contribution in [2.24, 2.45) is 0 Å². The zero-order chi connectivity index (χ0) is 48.1. The molecule has 1 aliphatic heterocycles. The molecule has 1 saturated heterocycles. The Hall–Kier alpha value is -2.38. The van der Waals surface area contributed by atoms with Crippen LogP contribution in [0.3, 0.4) is 0 Å². The van der Waals surface area contributed by atoms with Crippen molar-refractivity contribution in [2.45, 2.75) is 269 Å². The van der Waals surface area contributed by atoms with Crippen LogP contribution in [0.25, 0.3) is 0 Å². The van der Waals surface area contributed by atoms with Crippen molar-refractivity contribution in [3.05, 3.63) is 48.6 Å². The number of carbonyl (C=O) groups is 2. The van der Waals surface area contributed by atoms with E-state index in [1.807, 2.05) is 6.08 Å². The molecular weight excluding hydrogens is 835 g/mol. The Kier molecular flexibility index (Phi) is 42.1. The lowest BCUT2D eigenvalue weighted by atomic mass is 9.99. The SMILES string of the molecule is CCCCCCC/C=C\CCCCCCCC(=O)OCCCCC/C=C\C=C/CCCCCCCCC(=O)NC(COC1OC(CO)C(O)C(O)C1O)C(O)/C=C/CCCCCCCCC. The number of carbonyl (C=O) groups excluding carboxylic acids is 2. The molecule has 0 aromatic rings. The van der Waals surface area contributed by atoms with Crippen LogP contribution >= 0.6 is 0 Å². The molecule has 66 heavy (non-hydrogen) atoms.